The molecule has 0 bridgehead atoms. The van der Waals surface area contributed by atoms with Crippen molar-refractivity contribution in [2.24, 2.45) is 4.99 Å². The molecule has 1 aromatic rings. The lowest BCUT2D eigenvalue weighted by atomic mass is 10.1. The Hall–Kier alpha value is -0.900. The van der Waals surface area contributed by atoms with E-state index in [1.165, 1.54) is 0 Å². The van der Waals surface area contributed by atoms with Gasteiger partial charge in [0.2, 0.25) is 5.90 Å². The maximum Gasteiger partial charge on any atom is 0.236 e. The Morgan fingerprint density at radius 3 is 2.57 bits per heavy atom. The minimum absolute atomic E-state index is 0.154. The van der Waals surface area contributed by atoms with Gasteiger partial charge in [0, 0.05) is 5.38 Å². The lowest BCUT2D eigenvalue weighted by Gasteiger charge is -2.16. The van der Waals surface area contributed by atoms with Crippen LogP contribution in [0.3, 0.4) is 0 Å². The topological polar surface area (TPSA) is 34.5 Å². The summed E-state index contributed by atoms with van der Waals surface area (Å²) >= 11 is 1.55. The highest BCUT2D eigenvalue weighted by Gasteiger charge is 2.28. The summed E-state index contributed by atoms with van der Waals surface area (Å²) in [7, 11) is 0. The molecule has 14 heavy (non-hydrogen) atoms. The average molecular weight is 212 g/mol. The molecule has 1 aliphatic heterocycles. The molecule has 0 unspecified atom stereocenters. The number of rotatable bonds is 1. The molecule has 3 nitrogen and oxygen atoms in total. The Morgan fingerprint density at radius 2 is 2.14 bits per heavy atom. The first-order valence-electron chi connectivity index (χ1n) is 4.79. The molecule has 0 radical (unpaired) electrons. The summed E-state index contributed by atoms with van der Waals surface area (Å²) in [5.41, 5.74) is 2.48. The van der Waals surface area contributed by atoms with Gasteiger partial charge in [-0.1, -0.05) is 13.8 Å². The molecule has 4 heteroatoms. The third kappa shape index (κ3) is 2.54. The van der Waals surface area contributed by atoms with Crippen molar-refractivity contribution in [2.75, 3.05) is 6.54 Å². The van der Waals surface area contributed by atoms with E-state index in [2.05, 4.69) is 9.98 Å². The monoisotopic (exact) mass is 212 g/mol. The van der Waals surface area contributed by atoms with E-state index >= 15 is 0 Å². The molecule has 0 fully saturated rings. The second-order valence-electron chi connectivity index (χ2n) is 3.36. The summed E-state index contributed by atoms with van der Waals surface area (Å²) in [4.78, 5) is 8.40. The number of hydrogen-bond donors (Lipinski definition) is 0. The minimum atomic E-state index is -0.154. The Labute approximate surface area is 88.9 Å². The van der Waals surface area contributed by atoms with E-state index in [0.717, 1.165) is 12.2 Å². The Morgan fingerprint density at radius 1 is 1.43 bits per heavy atom. The van der Waals surface area contributed by atoms with Gasteiger partial charge in [-0.2, -0.15) is 0 Å². The van der Waals surface area contributed by atoms with Crippen molar-refractivity contribution >= 4 is 17.2 Å². The van der Waals surface area contributed by atoms with Crippen molar-refractivity contribution in [2.45, 2.75) is 33.3 Å². The molecule has 0 spiro atoms. The largest absolute Gasteiger partial charge is 0.468 e. The number of aliphatic imine (C=N–C) groups is 1. The van der Waals surface area contributed by atoms with Gasteiger partial charge in [0.25, 0.3) is 0 Å². The molecule has 0 aliphatic carbocycles. The highest BCUT2D eigenvalue weighted by molar-refractivity contribution is 7.07. The first kappa shape index (κ1) is 11.2. The quantitative estimate of drug-likeness (QED) is 0.717. The molecule has 0 N–H and O–H groups in total. The first-order chi connectivity index (χ1) is 6.67. The van der Waals surface area contributed by atoms with Gasteiger partial charge >= 0.3 is 0 Å². The summed E-state index contributed by atoms with van der Waals surface area (Å²) in [6.07, 6.45) is 0. The smallest absolute Gasteiger partial charge is 0.236 e. The zero-order valence-corrected chi connectivity index (χ0v) is 9.89. The fourth-order valence-electron chi connectivity index (χ4n) is 1.04. The molecule has 0 saturated carbocycles. The molecule has 2 heterocycles. The van der Waals surface area contributed by atoms with Crippen molar-refractivity contribution in [1.29, 1.82) is 0 Å². The number of thiazole rings is 1. The van der Waals surface area contributed by atoms with Crippen LogP contribution in [-0.4, -0.2) is 23.0 Å². The molecule has 0 atom stereocenters. The van der Waals surface area contributed by atoms with Crippen LogP contribution in [0, 0.1) is 0 Å². The molecule has 1 aromatic heterocycles. The summed E-state index contributed by atoms with van der Waals surface area (Å²) < 4.78 is 5.59. The zero-order valence-electron chi connectivity index (χ0n) is 9.07. The summed E-state index contributed by atoms with van der Waals surface area (Å²) in [6.45, 7) is 8.77. The lowest BCUT2D eigenvalue weighted by Crippen LogP contribution is -2.24. The number of nitrogens with zero attached hydrogens (tertiary/aromatic N) is 2. The fraction of sp³-hybridized carbons (Fsp3) is 0.600. The van der Waals surface area contributed by atoms with Crippen LogP contribution in [0.4, 0.5) is 0 Å². The molecular weight excluding hydrogens is 196 g/mol. The van der Waals surface area contributed by atoms with E-state index in [0.29, 0.717) is 5.90 Å². The van der Waals surface area contributed by atoms with Crippen LogP contribution in [0.15, 0.2) is 15.9 Å². The Kier molecular flexibility index (Phi) is 3.63. The van der Waals surface area contributed by atoms with Crippen molar-refractivity contribution in [1.82, 2.24) is 4.98 Å². The van der Waals surface area contributed by atoms with Crippen molar-refractivity contribution in [3.05, 3.63) is 16.6 Å². The number of ether oxygens (including phenoxy) is 1. The zero-order chi connectivity index (χ0) is 10.6. The van der Waals surface area contributed by atoms with E-state index in [4.69, 9.17) is 4.74 Å². The van der Waals surface area contributed by atoms with Crippen LogP contribution >= 0.6 is 11.3 Å². The van der Waals surface area contributed by atoms with Crippen LogP contribution in [0.25, 0.3) is 0 Å². The van der Waals surface area contributed by atoms with Crippen LogP contribution in [0.5, 0.6) is 0 Å². The summed E-state index contributed by atoms with van der Waals surface area (Å²) in [5, 5.41) is 1.94. The molecule has 78 valence electrons. The first-order valence-corrected chi connectivity index (χ1v) is 5.74. The standard InChI is InChI=1S/C8H10N2OS.C2H6/c1-8(2)4-9-7(11-8)6-3-12-5-10-6;1-2/h3,5H,4H2,1-2H3;1-2H3. The predicted molar refractivity (Wildman–Crippen MR) is 60.0 cm³/mol. The molecule has 1 aliphatic rings. The van der Waals surface area contributed by atoms with Gasteiger partial charge in [0.1, 0.15) is 11.3 Å². The number of hydrogen-bond acceptors (Lipinski definition) is 4. The lowest BCUT2D eigenvalue weighted by molar-refractivity contribution is 0.131. The normalized spacial score (nSPS) is 17.9. The molecule has 0 aromatic carbocycles. The Balaban J connectivity index is 0.000000461. The maximum absolute atomic E-state index is 5.59. The second kappa shape index (κ2) is 4.55. The van der Waals surface area contributed by atoms with E-state index in [-0.39, 0.29) is 5.60 Å². The average Bonchev–Trinajstić information content (AvgIpc) is 2.76. The van der Waals surface area contributed by atoms with Gasteiger partial charge in [0.15, 0.2) is 0 Å². The summed E-state index contributed by atoms with van der Waals surface area (Å²) in [6, 6.07) is 0. The van der Waals surface area contributed by atoms with Crippen LogP contribution in [0.1, 0.15) is 33.4 Å². The van der Waals surface area contributed by atoms with Gasteiger partial charge in [-0.15, -0.1) is 11.3 Å². The van der Waals surface area contributed by atoms with Crippen molar-refractivity contribution in [3.8, 4) is 0 Å². The third-order valence-corrected chi connectivity index (χ3v) is 2.21. The highest BCUT2D eigenvalue weighted by atomic mass is 32.1. The summed E-state index contributed by atoms with van der Waals surface area (Å²) in [5.74, 6) is 0.682. The van der Waals surface area contributed by atoms with Crippen molar-refractivity contribution < 1.29 is 4.74 Å². The minimum Gasteiger partial charge on any atom is -0.468 e. The molecule has 0 amide bonds. The maximum atomic E-state index is 5.59. The van der Waals surface area contributed by atoms with Crippen LogP contribution < -0.4 is 0 Å². The van der Waals surface area contributed by atoms with Gasteiger partial charge in [-0.25, -0.2) is 9.98 Å². The third-order valence-electron chi connectivity index (χ3n) is 1.63. The second-order valence-corrected chi connectivity index (χ2v) is 4.08. The van der Waals surface area contributed by atoms with Gasteiger partial charge in [-0.05, 0) is 13.8 Å². The van der Waals surface area contributed by atoms with E-state index in [9.17, 15) is 0 Å². The molecule has 0 saturated heterocycles. The van der Waals surface area contributed by atoms with E-state index in [1.54, 1.807) is 16.8 Å². The van der Waals surface area contributed by atoms with Gasteiger partial charge in [0.05, 0.1) is 12.1 Å². The van der Waals surface area contributed by atoms with Crippen molar-refractivity contribution in [3.63, 3.8) is 0 Å². The van der Waals surface area contributed by atoms with Crippen LogP contribution in [0.2, 0.25) is 0 Å². The van der Waals surface area contributed by atoms with Gasteiger partial charge < -0.3 is 4.74 Å². The molecular formula is C10H16N2OS. The number of aromatic nitrogens is 1. The predicted octanol–water partition coefficient (Wildman–Crippen LogP) is 2.72. The van der Waals surface area contributed by atoms with Gasteiger partial charge in [-0.3, -0.25) is 0 Å². The SMILES string of the molecule is CC.CC1(C)CN=C(c2cscn2)O1. The molecule has 2 rings (SSSR count). The van der Waals surface area contributed by atoms with E-state index in [1.807, 2.05) is 33.1 Å². The van der Waals surface area contributed by atoms with E-state index < -0.39 is 0 Å². The van der Waals surface area contributed by atoms with Crippen LogP contribution in [-0.2, 0) is 4.74 Å². The highest BCUT2D eigenvalue weighted by Crippen LogP contribution is 2.20. The Bertz CT molecular complexity index is 304. The fourth-order valence-corrected chi connectivity index (χ4v) is 1.57.